The summed E-state index contributed by atoms with van der Waals surface area (Å²) < 4.78 is 5.86. The molecule has 0 aromatic heterocycles. The zero-order valence-corrected chi connectivity index (χ0v) is 16.4. The van der Waals surface area contributed by atoms with Crippen LogP contribution < -0.4 is 0 Å². The molecule has 0 unspecified atom stereocenters. The van der Waals surface area contributed by atoms with Crippen molar-refractivity contribution < 1.29 is 4.74 Å². The molecule has 0 amide bonds. The lowest BCUT2D eigenvalue weighted by molar-refractivity contribution is -0.0114. The van der Waals surface area contributed by atoms with Crippen molar-refractivity contribution in [3.63, 3.8) is 0 Å². The standard InChI is InChI=1S/C19H39N3O/c1-18(2,3)22-11-9-21(10-12-22)16-17-7-8-20(15-17)13-14-23-19(4,5)6/h17H,7-16H2,1-6H3/t17-/m1/s1. The summed E-state index contributed by atoms with van der Waals surface area (Å²) in [5, 5.41) is 0. The molecule has 0 radical (unpaired) electrons. The van der Waals surface area contributed by atoms with Crippen molar-refractivity contribution in [2.75, 3.05) is 59.0 Å². The molecule has 0 spiro atoms. The molecule has 4 nitrogen and oxygen atoms in total. The summed E-state index contributed by atoms with van der Waals surface area (Å²) in [5.74, 6) is 0.853. The van der Waals surface area contributed by atoms with E-state index in [1.54, 1.807) is 0 Å². The Morgan fingerprint density at radius 3 is 2.09 bits per heavy atom. The fourth-order valence-electron chi connectivity index (χ4n) is 3.71. The molecule has 23 heavy (non-hydrogen) atoms. The highest BCUT2D eigenvalue weighted by molar-refractivity contribution is 4.84. The van der Waals surface area contributed by atoms with E-state index in [0.717, 1.165) is 19.1 Å². The summed E-state index contributed by atoms with van der Waals surface area (Å²) in [6.45, 7) is 24.1. The molecule has 1 atom stereocenters. The summed E-state index contributed by atoms with van der Waals surface area (Å²) in [6, 6.07) is 0. The maximum atomic E-state index is 5.86. The molecule has 0 aliphatic carbocycles. The maximum Gasteiger partial charge on any atom is 0.0600 e. The summed E-state index contributed by atoms with van der Waals surface area (Å²) in [7, 11) is 0. The second-order valence-electron chi connectivity index (χ2n) is 9.37. The van der Waals surface area contributed by atoms with Crippen LogP contribution in [-0.2, 0) is 4.74 Å². The largest absolute Gasteiger partial charge is 0.375 e. The van der Waals surface area contributed by atoms with E-state index < -0.39 is 0 Å². The topological polar surface area (TPSA) is 19.0 Å². The molecule has 2 aliphatic rings. The van der Waals surface area contributed by atoms with Crippen LogP contribution in [0.1, 0.15) is 48.0 Å². The Morgan fingerprint density at radius 2 is 1.52 bits per heavy atom. The minimum atomic E-state index is -0.00808. The average molecular weight is 326 g/mol. The van der Waals surface area contributed by atoms with Crippen molar-refractivity contribution in [2.45, 2.75) is 59.1 Å². The first-order valence-electron chi connectivity index (χ1n) is 9.47. The Bertz CT molecular complexity index is 351. The van der Waals surface area contributed by atoms with Crippen LogP contribution in [-0.4, -0.2) is 84.8 Å². The molecular weight excluding hydrogens is 286 g/mol. The van der Waals surface area contributed by atoms with Crippen molar-refractivity contribution in [1.82, 2.24) is 14.7 Å². The van der Waals surface area contributed by atoms with Gasteiger partial charge in [-0.2, -0.15) is 0 Å². The fraction of sp³-hybridized carbons (Fsp3) is 1.00. The Labute approximate surface area is 144 Å². The zero-order chi connectivity index (χ0) is 17.1. The number of ether oxygens (including phenoxy) is 1. The summed E-state index contributed by atoms with van der Waals surface area (Å²) in [6.07, 6.45) is 1.36. The minimum absolute atomic E-state index is 0.00808. The molecule has 2 aliphatic heterocycles. The Hall–Kier alpha value is -0.160. The van der Waals surface area contributed by atoms with Gasteiger partial charge in [-0.05, 0) is 60.4 Å². The molecule has 0 N–H and O–H groups in total. The number of piperazine rings is 1. The lowest BCUT2D eigenvalue weighted by Gasteiger charge is -2.42. The van der Waals surface area contributed by atoms with Crippen molar-refractivity contribution >= 4 is 0 Å². The van der Waals surface area contributed by atoms with Gasteiger partial charge in [0.15, 0.2) is 0 Å². The molecule has 2 fully saturated rings. The molecule has 0 saturated carbocycles. The second-order valence-corrected chi connectivity index (χ2v) is 9.37. The third-order valence-electron chi connectivity index (χ3n) is 5.15. The van der Waals surface area contributed by atoms with Gasteiger partial charge >= 0.3 is 0 Å². The maximum absolute atomic E-state index is 5.86. The lowest BCUT2D eigenvalue weighted by atomic mass is 10.0. The van der Waals surface area contributed by atoms with Crippen LogP contribution in [0.3, 0.4) is 0 Å². The molecular formula is C19H39N3O. The van der Waals surface area contributed by atoms with Gasteiger partial charge in [0.05, 0.1) is 12.2 Å². The monoisotopic (exact) mass is 325 g/mol. The van der Waals surface area contributed by atoms with Crippen LogP contribution in [0.25, 0.3) is 0 Å². The van der Waals surface area contributed by atoms with Gasteiger partial charge in [-0.25, -0.2) is 0 Å². The van der Waals surface area contributed by atoms with Crippen LogP contribution in [0.5, 0.6) is 0 Å². The quantitative estimate of drug-likeness (QED) is 0.773. The molecule has 0 bridgehead atoms. The highest BCUT2D eigenvalue weighted by Gasteiger charge is 2.29. The molecule has 136 valence electrons. The molecule has 4 heteroatoms. The van der Waals surface area contributed by atoms with Crippen molar-refractivity contribution in [2.24, 2.45) is 5.92 Å². The van der Waals surface area contributed by atoms with E-state index in [4.69, 9.17) is 4.74 Å². The highest BCUT2D eigenvalue weighted by atomic mass is 16.5. The van der Waals surface area contributed by atoms with Gasteiger partial charge in [0.2, 0.25) is 0 Å². The third kappa shape index (κ3) is 6.69. The number of hydrogen-bond donors (Lipinski definition) is 0. The highest BCUT2D eigenvalue weighted by Crippen LogP contribution is 2.20. The minimum Gasteiger partial charge on any atom is -0.375 e. The molecule has 2 saturated heterocycles. The number of likely N-dealkylation sites (tertiary alicyclic amines) is 1. The van der Waals surface area contributed by atoms with Gasteiger partial charge in [-0.15, -0.1) is 0 Å². The van der Waals surface area contributed by atoms with Crippen LogP contribution in [0.15, 0.2) is 0 Å². The van der Waals surface area contributed by atoms with E-state index in [1.165, 1.54) is 52.2 Å². The van der Waals surface area contributed by atoms with Crippen LogP contribution in [0, 0.1) is 5.92 Å². The molecule has 2 rings (SSSR count). The Balaban J connectivity index is 1.63. The SMILES string of the molecule is CC(C)(C)OCCN1CC[C@@H](CN2CCN(C(C)(C)C)CC2)C1. The third-order valence-corrected chi connectivity index (χ3v) is 5.15. The van der Waals surface area contributed by atoms with Gasteiger partial charge in [0.1, 0.15) is 0 Å². The fourth-order valence-corrected chi connectivity index (χ4v) is 3.71. The first-order valence-corrected chi connectivity index (χ1v) is 9.47. The Morgan fingerprint density at radius 1 is 0.870 bits per heavy atom. The van der Waals surface area contributed by atoms with Crippen LogP contribution in [0.4, 0.5) is 0 Å². The smallest absolute Gasteiger partial charge is 0.0600 e. The van der Waals surface area contributed by atoms with Gasteiger partial charge in [-0.1, -0.05) is 0 Å². The van der Waals surface area contributed by atoms with Crippen LogP contribution >= 0.6 is 0 Å². The van der Waals surface area contributed by atoms with E-state index in [0.29, 0.717) is 5.54 Å². The predicted molar refractivity (Wildman–Crippen MR) is 98.0 cm³/mol. The zero-order valence-electron chi connectivity index (χ0n) is 16.4. The number of nitrogens with zero attached hydrogens (tertiary/aromatic N) is 3. The average Bonchev–Trinajstić information content (AvgIpc) is 2.84. The predicted octanol–water partition coefficient (Wildman–Crippen LogP) is 2.54. The number of rotatable bonds is 5. The normalized spacial score (nSPS) is 26.1. The van der Waals surface area contributed by atoms with E-state index in [2.05, 4.69) is 56.2 Å². The van der Waals surface area contributed by atoms with Crippen LogP contribution in [0.2, 0.25) is 0 Å². The van der Waals surface area contributed by atoms with Gasteiger partial charge in [0, 0.05) is 51.4 Å². The molecule has 0 aromatic rings. The second kappa shape index (κ2) is 7.81. The number of hydrogen-bond acceptors (Lipinski definition) is 4. The Kier molecular flexibility index (Phi) is 6.51. The lowest BCUT2D eigenvalue weighted by Crippen LogP contribution is -2.54. The summed E-state index contributed by atoms with van der Waals surface area (Å²) in [4.78, 5) is 7.89. The first-order chi connectivity index (χ1) is 10.6. The molecule has 2 heterocycles. The van der Waals surface area contributed by atoms with E-state index in [-0.39, 0.29) is 5.60 Å². The van der Waals surface area contributed by atoms with E-state index in [9.17, 15) is 0 Å². The first kappa shape index (κ1) is 19.2. The van der Waals surface area contributed by atoms with Gasteiger partial charge < -0.3 is 14.5 Å². The molecule has 0 aromatic carbocycles. The van der Waals surface area contributed by atoms with E-state index >= 15 is 0 Å². The van der Waals surface area contributed by atoms with Crippen molar-refractivity contribution in [1.29, 1.82) is 0 Å². The van der Waals surface area contributed by atoms with Crippen molar-refractivity contribution in [3.8, 4) is 0 Å². The van der Waals surface area contributed by atoms with Crippen molar-refractivity contribution in [3.05, 3.63) is 0 Å². The van der Waals surface area contributed by atoms with Gasteiger partial charge in [-0.3, -0.25) is 4.90 Å². The summed E-state index contributed by atoms with van der Waals surface area (Å²) in [5.41, 5.74) is 0.315. The summed E-state index contributed by atoms with van der Waals surface area (Å²) >= 11 is 0. The van der Waals surface area contributed by atoms with Gasteiger partial charge in [0.25, 0.3) is 0 Å². The van der Waals surface area contributed by atoms with E-state index in [1.807, 2.05) is 0 Å².